The van der Waals surface area contributed by atoms with Crippen LogP contribution in [0, 0.1) is 16.0 Å². The summed E-state index contributed by atoms with van der Waals surface area (Å²) in [4.78, 5) is 14.2. The first-order valence-corrected chi connectivity index (χ1v) is 6.31. The molecule has 0 aromatic carbocycles. The summed E-state index contributed by atoms with van der Waals surface area (Å²) in [7, 11) is 0. The molecule has 94 valence electrons. The quantitative estimate of drug-likeness (QED) is 0.666. The zero-order valence-electron chi connectivity index (χ0n) is 10.1. The summed E-state index contributed by atoms with van der Waals surface area (Å²) in [5.74, 6) is 1.15. The third-order valence-corrected chi connectivity index (χ3v) is 3.50. The average molecular weight is 302 g/mol. The van der Waals surface area contributed by atoms with Gasteiger partial charge in [0.2, 0.25) is 0 Å². The molecule has 0 saturated carbocycles. The second kappa shape index (κ2) is 5.95. The molecule has 0 radical (unpaired) electrons. The van der Waals surface area contributed by atoms with Gasteiger partial charge in [-0.05, 0) is 28.8 Å². The second-order valence-corrected chi connectivity index (χ2v) is 4.95. The topological polar surface area (TPSA) is 68.1 Å². The van der Waals surface area contributed by atoms with Crippen LogP contribution in [0.15, 0.2) is 16.7 Å². The molecule has 6 heteroatoms. The molecule has 0 aliphatic carbocycles. The van der Waals surface area contributed by atoms with E-state index in [0.717, 1.165) is 6.42 Å². The van der Waals surface area contributed by atoms with Crippen molar-refractivity contribution in [1.82, 2.24) is 4.98 Å². The number of rotatable bonds is 5. The number of hydrogen-bond donors (Lipinski definition) is 1. The van der Waals surface area contributed by atoms with Gasteiger partial charge in [0.15, 0.2) is 0 Å². The van der Waals surface area contributed by atoms with Gasteiger partial charge in [0.05, 0.1) is 9.40 Å². The number of nitrogens with one attached hydrogen (secondary N) is 1. The monoisotopic (exact) mass is 301 g/mol. The van der Waals surface area contributed by atoms with E-state index in [2.05, 4.69) is 47.0 Å². The molecule has 1 rings (SSSR count). The number of hydrogen-bond acceptors (Lipinski definition) is 4. The lowest BCUT2D eigenvalue weighted by Crippen LogP contribution is -2.24. The highest BCUT2D eigenvalue weighted by atomic mass is 79.9. The van der Waals surface area contributed by atoms with Crippen LogP contribution in [0.2, 0.25) is 0 Å². The highest BCUT2D eigenvalue weighted by molar-refractivity contribution is 9.10. The van der Waals surface area contributed by atoms with Gasteiger partial charge in [-0.15, -0.1) is 0 Å². The predicted octanol–water partition coefficient (Wildman–Crippen LogP) is 3.60. The molecule has 0 aliphatic rings. The maximum absolute atomic E-state index is 10.6. The Morgan fingerprint density at radius 1 is 1.59 bits per heavy atom. The van der Waals surface area contributed by atoms with Gasteiger partial charge >= 0.3 is 0 Å². The first kappa shape index (κ1) is 13.9. The van der Waals surface area contributed by atoms with Crippen molar-refractivity contribution in [1.29, 1.82) is 0 Å². The van der Waals surface area contributed by atoms with E-state index in [9.17, 15) is 10.1 Å². The largest absolute Gasteiger partial charge is 0.366 e. The summed E-state index contributed by atoms with van der Waals surface area (Å²) >= 11 is 3.29. The van der Waals surface area contributed by atoms with E-state index in [-0.39, 0.29) is 11.7 Å². The highest BCUT2D eigenvalue weighted by Crippen LogP contribution is 2.26. The Balaban J connectivity index is 2.82. The van der Waals surface area contributed by atoms with Crippen molar-refractivity contribution in [3.8, 4) is 0 Å². The van der Waals surface area contributed by atoms with Crippen LogP contribution in [0.1, 0.15) is 27.2 Å². The zero-order valence-corrected chi connectivity index (χ0v) is 11.7. The van der Waals surface area contributed by atoms with E-state index in [1.54, 1.807) is 0 Å². The van der Waals surface area contributed by atoms with Crippen LogP contribution in [0.25, 0.3) is 0 Å². The molecule has 5 nitrogen and oxygen atoms in total. The van der Waals surface area contributed by atoms with E-state index in [4.69, 9.17) is 0 Å². The van der Waals surface area contributed by atoms with Crippen LogP contribution in [0.4, 0.5) is 11.5 Å². The van der Waals surface area contributed by atoms with Crippen molar-refractivity contribution in [2.45, 2.75) is 33.2 Å². The maximum atomic E-state index is 10.6. The Morgan fingerprint density at radius 3 is 2.71 bits per heavy atom. The van der Waals surface area contributed by atoms with Gasteiger partial charge in [0.25, 0.3) is 5.69 Å². The second-order valence-electron chi connectivity index (χ2n) is 4.10. The molecule has 0 amide bonds. The number of anilines is 1. The fraction of sp³-hybridized carbons (Fsp3) is 0.545. The van der Waals surface area contributed by atoms with E-state index >= 15 is 0 Å². The van der Waals surface area contributed by atoms with Gasteiger partial charge in [0.1, 0.15) is 12.0 Å². The fourth-order valence-electron chi connectivity index (χ4n) is 1.35. The van der Waals surface area contributed by atoms with Crippen molar-refractivity contribution in [3.63, 3.8) is 0 Å². The van der Waals surface area contributed by atoms with Crippen LogP contribution >= 0.6 is 15.9 Å². The van der Waals surface area contributed by atoms with Crippen LogP contribution in [-0.2, 0) is 0 Å². The van der Waals surface area contributed by atoms with Crippen LogP contribution in [0.5, 0.6) is 0 Å². The van der Waals surface area contributed by atoms with Gasteiger partial charge in [0, 0.05) is 12.1 Å². The Hall–Kier alpha value is -1.17. The maximum Gasteiger partial charge on any atom is 0.288 e. The summed E-state index contributed by atoms with van der Waals surface area (Å²) in [6.07, 6.45) is 2.33. The number of nitro groups is 1. The number of nitrogens with zero attached hydrogens (tertiary/aromatic N) is 2. The minimum Gasteiger partial charge on any atom is -0.366 e. The predicted molar refractivity (Wildman–Crippen MR) is 71.1 cm³/mol. The van der Waals surface area contributed by atoms with E-state index in [1.165, 1.54) is 12.3 Å². The van der Waals surface area contributed by atoms with Gasteiger partial charge in [-0.1, -0.05) is 20.3 Å². The van der Waals surface area contributed by atoms with E-state index < -0.39 is 4.92 Å². The molecule has 17 heavy (non-hydrogen) atoms. The normalized spacial score (nSPS) is 14.1. The summed E-state index contributed by atoms with van der Waals surface area (Å²) in [5, 5.41) is 13.8. The van der Waals surface area contributed by atoms with Crippen LogP contribution in [-0.4, -0.2) is 15.9 Å². The molecule has 1 aromatic rings. The minimum absolute atomic E-state index is 0.0152. The Bertz CT molecular complexity index is 412. The molecular formula is C11H16BrN3O2. The molecule has 1 N–H and O–H groups in total. The first-order valence-electron chi connectivity index (χ1n) is 5.52. The minimum atomic E-state index is -0.459. The zero-order chi connectivity index (χ0) is 13.0. The molecule has 0 spiro atoms. The van der Waals surface area contributed by atoms with Crippen LogP contribution in [0.3, 0.4) is 0 Å². The van der Waals surface area contributed by atoms with E-state index in [0.29, 0.717) is 16.2 Å². The standard InChI is InChI=1S/C11H16BrN3O2/c1-4-7(2)8(3)14-11-10(12)5-9(6-13-11)15(16)17/h5-8H,4H2,1-3H3,(H,13,14). The van der Waals surface area contributed by atoms with Crippen molar-refractivity contribution in [2.24, 2.45) is 5.92 Å². The highest BCUT2D eigenvalue weighted by Gasteiger charge is 2.14. The summed E-state index contributed by atoms with van der Waals surface area (Å²) in [5.41, 5.74) is -0.0152. The molecule has 0 aliphatic heterocycles. The van der Waals surface area contributed by atoms with Crippen molar-refractivity contribution >= 4 is 27.4 Å². The smallest absolute Gasteiger partial charge is 0.288 e. The van der Waals surface area contributed by atoms with Crippen molar-refractivity contribution in [2.75, 3.05) is 5.32 Å². The summed E-state index contributed by atoms with van der Waals surface area (Å²) < 4.78 is 0.613. The lowest BCUT2D eigenvalue weighted by molar-refractivity contribution is -0.385. The molecule has 0 bridgehead atoms. The summed E-state index contributed by atoms with van der Waals surface area (Å²) in [6.45, 7) is 6.35. The Labute approximate surface area is 109 Å². The Morgan fingerprint density at radius 2 is 2.24 bits per heavy atom. The molecule has 2 unspecified atom stereocenters. The first-order chi connectivity index (χ1) is 7.95. The van der Waals surface area contributed by atoms with Gasteiger partial charge < -0.3 is 5.32 Å². The van der Waals surface area contributed by atoms with Crippen molar-refractivity contribution < 1.29 is 4.92 Å². The number of pyridine rings is 1. The molecule has 1 aromatic heterocycles. The SMILES string of the molecule is CCC(C)C(C)Nc1ncc([N+](=O)[O-])cc1Br. The van der Waals surface area contributed by atoms with Gasteiger partial charge in [-0.25, -0.2) is 4.98 Å². The van der Waals surface area contributed by atoms with Crippen molar-refractivity contribution in [3.05, 3.63) is 26.9 Å². The van der Waals surface area contributed by atoms with Gasteiger partial charge in [-0.3, -0.25) is 10.1 Å². The van der Waals surface area contributed by atoms with Crippen LogP contribution < -0.4 is 5.32 Å². The lowest BCUT2D eigenvalue weighted by atomic mass is 10.0. The lowest BCUT2D eigenvalue weighted by Gasteiger charge is -2.20. The molecule has 2 atom stereocenters. The van der Waals surface area contributed by atoms with E-state index in [1.807, 2.05) is 0 Å². The molecule has 0 fully saturated rings. The summed E-state index contributed by atoms with van der Waals surface area (Å²) in [6, 6.07) is 1.73. The Kier molecular flexibility index (Phi) is 4.86. The average Bonchev–Trinajstić information content (AvgIpc) is 2.30. The number of halogens is 1. The third kappa shape index (κ3) is 3.66. The third-order valence-electron chi connectivity index (χ3n) is 2.90. The number of aromatic nitrogens is 1. The molecular weight excluding hydrogens is 286 g/mol. The van der Waals surface area contributed by atoms with Gasteiger partial charge in [-0.2, -0.15) is 0 Å². The fourth-order valence-corrected chi connectivity index (χ4v) is 1.80. The molecule has 0 saturated heterocycles. The molecule has 1 heterocycles.